The highest BCUT2D eigenvalue weighted by molar-refractivity contribution is 6.74. The van der Waals surface area contributed by atoms with Crippen LogP contribution >= 0.6 is 0 Å². The molecule has 334 valence electrons. The second kappa shape index (κ2) is 13.3. The zero-order valence-corrected chi connectivity index (χ0v) is 41.2. The molecule has 0 spiro atoms. The highest BCUT2D eigenvalue weighted by Gasteiger charge is 2.42. The number of anilines is 5. The number of hydrogen-bond acceptors (Lipinski definition) is 4. The SMILES string of the molecule is Cc1cc2c(cc1N1c3cc4c(cc3Bc3c(-c5cccc6c5Nc5ccccc5C6(C)C)cc5oc6ccccc6c5c31)oc1cc3c(cc14)C(C)(C)CCC3(C)C)C(C)(C)CCC2(C)C. The van der Waals surface area contributed by atoms with Gasteiger partial charge in [-0.2, -0.15) is 0 Å². The van der Waals surface area contributed by atoms with Gasteiger partial charge in [-0.3, -0.25) is 0 Å². The first-order valence-electron chi connectivity index (χ1n) is 24.8. The summed E-state index contributed by atoms with van der Waals surface area (Å²) in [5.74, 6) is 0. The molecule has 2 aromatic heterocycles. The Balaban J connectivity index is 1.15. The zero-order chi connectivity index (χ0) is 46.3. The van der Waals surface area contributed by atoms with Crippen molar-refractivity contribution in [2.75, 3.05) is 10.2 Å². The van der Waals surface area contributed by atoms with Crippen molar-refractivity contribution >= 4 is 90.5 Å². The molecule has 4 heterocycles. The Morgan fingerprint density at radius 2 is 1.09 bits per heavy atom. The molecule has 7 aromatic carbocycles. The van der Waals surface area contributed by atoms with Crippen molar-refractivity contribution in [3.63, 3.8) is 0 Å². The number of para-hydroxylation sites is 3. The van der Waals surface area contributed by atoms with E-state index in [1.165, 1.54) is 102 Å². The minimum Gasteiger partial charge on any atom is -0.456 e. The topological polar surface area (TPSA) is 41.5 Å². The number of benzene rings is 7. The summed E-state index contributed by atoms with van der Waals surface area (Å²) in [6.07, 6.45) is 4.65. The lowest BCUT2D eigenvalue weighted by Gasteiger charge is -2.44. The summed E-state index contributed by atoms with van der Waals surface area (Å²) >= 11 is 0. The molecule has 9 aromatic rings. The van der Waals surface area contributed by atoms with E-state index < -0.39 is 0 Å². The van der Waals surface area contributed by atoms with Crippen LogP contribution in [0.1, 0.15) is 134 Å². The van der Waals surface area contributed by atoms with Crippen molar-refractivity contribution in [2.45, 2.75) is 129 Å². The van der Waals surface area contributed by atoms with Gasteiger partial charge < -0.3 is 19.1 Å². The molecule has 13 rings (SSSR count). The Labute approximate surface area is 396 Å². The average Bonchev–Trinajstić information content (AvgIpc) is 3.84. The molecule has 0 fully saturated rings. The molecule has 1 N–H and O–H groups in total. The number of hydrogen-bond donors (Lipinski definition) is 1. The van der Waals surface area contributed by atoms with E-state index in [0.29, 0.717) is 0 Å². The predicted molar refractivity (Wildman–Crippen MR) is 285 cm³/mol. The van der Waals surface area contributed by atoms with Crippen LogP contribution in [0.4, 0.5) is 28.4 Å². The highest BCUT2D eigenvalue weighted by atomic mass is 16.3. The number of nitrogens with one attached hydrogen (secondary N) is 1. The van der Waals surface area contributed by atoms with Crippen molar-refractivity contribution < 1.29 is 8.83 Å². The second-order valence-corrected chi connectivity index (χ2v) is 24.0. The largest absolute Gasteiger partial charge is 0.456 e. The lowest BCUT2D eigenvalue weighted by atomic mass is 9.57. The molecule has 4 aliphatic rings. The van der Waals surface area contributed by atoms with Crippen LogP contribution in [-0.4, -0.2) is 7.28 Å². The van der Waals surface area contributed by atoms with E-state index in [1.54, 1.807) is 0 Å². The molecule has 2 aliphatic carbocycles. The standard InChI is InChI=1S/C62H61BN2O2/c1-34-27-42-44(60(6,7)25-23-58(42,2)3)31-48(34)65-49-29-38-37-28-43-45(61(8,9)26-24-59(43,4)5)32-51(37)67-52(38)33-46(49)63-55-39(30-53-54(57(55)65)36-17-12-15-22-50(36)66-53)35-18-16-20-41-56(35)64-47-21-14-13-19-40(47)62(41,10)11/h12-22,27-33,63-64H,23-26H2,1-11H3. The fraction of sp³-hybridized carbons (Fsp3) is 0.323. The van der Waals surface area contributed by atoms with Crippen LogP contribution < -0.4 is 21.1 Å². The van der Waals surface area contributed by atoms with Crippen molar-refractivity contribution in [3.05, 3.63) is 148 Å². The fourth-order valence-electron chi connectivity index (χ4n) is 13.2. The van der Waals surface area contributed by atoms with Crippen molar-refractivity contribution in [1.82, 2.24) is 0 Å². The summed E-state index contributed by atoms with van der Waals surface area (Å²) in [6, 6.07) is 41.5. The number of furan rings is 2. The molecule has 0 saturated heterocycles. The van der Waals surface area contributed by atoms with Gasteiger partial charge in [0.05, 0.1) is 16.8 Å². The van der Waals surface area contributed by atoms with E-state index in [9.17, 15) is 0 Å². The van der Waals surface area contributed by atoms with Crippen LogP contribution in [0.2, 0.25) is 0 Å². The highest BCUT2D eigenvalue weighted by Crippen LogP contribution is 2.55. The monoisotopic (exact) mass is 876 g/mol. The lowest BCUT2D eigenvalue weighted by molar-refractivity contribution is 0.332. The van der Waals surface area contributed by atoms with Crippen LogP contribution in [0.15, 0.2) is 118 Å². The fourth-order valence-corrected chi connectivity index (χ4v) is 13.2. The maximum atomic E-state index is 7.04. The van der Waals surface area contributed by atoms with Gasteiger partial charge in [0.25, 0.3) is 0 Å². The molecule has 0 bridgehead atoms. The average molecular weight is 877 g/mol. The Bertz CT molecular complexity index is 3650. The lowest BCUT2D eigenvalue weighted by Crippen LogP contribution is -2.41. The van der Waals surface area contributed by atoms with Gasteiger partial charge in [-0.15, -0.1) is 0 Å². The van der Waals surface area contributed by atoms with Gasteiger partial charge in [0.15, 0.2) is 7.28 Å². The van der Waals surface area contributed by atoms with Crippen LogP contribution in [0.25, 0.3) is 55.0 Å². The molecule has 4 nitrogen and oxygen atoms in total. The first kappa shape index (κ1) is 41.0. The number of rotatable bonds is 2. The van der Waals surface area contributed by atoms with Crippen LogP contribution in [0.3, 0.4) is 0 Å². The van der Waals surface area contributed by atoms with E-state index in [-0.39, 0.29) is 27.1 Å². The van der Waals surface area contributed by atoms with E-state index in [1.807, 2.05) is 0 Å². The summed E-state index contributed by atoms with van der Waals surface area (Å²) in [6.45, 7) is 26.5. The van der Waals surface area contributed by atoms with Crippen LogP contribution in [-0.2, 0) is 27.1 Å². The minimum atomic E-state index is -0.202. The number of fused-ring (bicyclic) bond motifs is 13. The van der Waals surface area contributed by atoms with Crippen LogP contribution in [0.5, 0.6) is 0 Å². The molecular weight excluding hydrogens is 816 g/mol. The van der Waals surface area contributed by atoms with Gasteiger partial charge in [0.2, 0.25) is 0 Å². The summed E-state index contributed by atoms with van der Waals surface area (Å²) < 4.78 is 14.1. The first-order chi connectivity index (χ1) is 31.8. The molecule has 5 heteroatoms. The predicted octanol–water partition coefficient (Wildman–Crippen LogP) is 15.7. The first-order valence-corrected chi connectivity index (χ1v) is 24.8. The molecule has 0 unspecified atom stereocenters. The Morgan fingerprint density at radius 1 is 0.493 bits per heavy atom. The molecule has 0 saturated carbocycles. The summed E-state index contributed by atoms with van der Waals surface area (Å²) in [5, 5.41) is 8.66. The summed E-state index contributed by atoms with van der Waals surface area (Å²) in [4.78, 5) is 2.65. The molecule has 67 heavy (non-hydrogen) atoms. The Hall–Kier alpha value is -6.20. The van der Waals surface area contributed by atoms with E-state index in [0.717, 1.165) is 64.6 Å². The van der Waals surface area contributed by atoms with Crippen molar-refractivity contribution in [1.29, 1.82) is 0 Å². The van der Waals surface area contributed by atoms with Gasteiger partial charge in [-0.25, -0.2) is 0 Å². The van der Waals surface area contributed by atoms with Crippen LogP contribution in [0, 0.1) is 6.92 Å². The van der Waals surface area contributed by atoms with E-state index >= 15 is 0 Å². The van der Waals surface area contributed by atoms with E-state index in [2.05, 4.69) is 196 Å². The molecule has 0 radical (unpaired) electrons. The zero-order valence-electron chi connectivity index (χ0n) is 41.2. The summed E-state index contributed by atoms with van der Waals surface area (Å²) in [5.41, 5.74) is 24.4. The van der Waals surface area contributed by atoms with E-state index in [4.69, 9.17) is 8.83 Å². The molecule has 2 aliphatic heterocycles. The normalized spacial score (nSPS) is 18.9. The molecule has 0 atom stereocenters. The molecule has 0 amide bonds. The van der Waals surface area contributed by atoms with Crippen molar-refractivity contribution in [3.8, 4) is 11.1 Å². The maximum absolute atomic E-state index is 7.04. The molecular formula is C62H61BN2O2. The van der Waals surface area contributed by atoms with Gasteiger partial charge in [-0.05, 0) is 153 Å². The minimum absolute atomic E-state index is 0.0243. The van der Waals surface area contributed by atoms with Gasteiger partial charge in [0, 0.05) is 44.2 Å². The number of nitrogens with zero attached hydrogens (tertiary/aromatic N) is 1. The van der Waals surface area contributed by atoms with Gasteiger partial charge in [-0.1, -0.05) is 135 Å². The third-order valence-electron chi connectivity index (χ3n) is 17.5. The third kappa shape index (κ3) is 5.67. The van der Waals surface area contributed by atoms with Crippen molar-refractivity contribution in [2.24, 2.45) is 0 Å². The third-order valence-corrected chi connectivity index (χ3v) is 17.5. The maximum Gasteiger partial charge on any atom is 0.198 e. The Kier molecular flexibility index (Phi) is 8.13. The van der Waals surface area contributed by atoms with Gasteiger partial charge in [0.1, 0.15) is 22.3 Å². The summed E-state index contributed by atoms with van der Waals surface area (Å²) in [7, 11) is 0.738. The quantitative estimate of drug-likeness (QED) is 0.176. The Morgan fingerprint density at radius 3 is 1.84 bits per heavy atom. The second-order valence-electron chi connectivity index (χ2n) is 24.0. The van der Waals surface area contributed by atoms with Gasteiger partial charge >= 0.3 is 0 Å². The smallest absolute Gasteiger partial charge is 0.198 e. The number of aryl methyl sites for hydroxylation is 1.